The predicted molar refractivity (Wildman–Crippen MR) is 118 cm³/mol. The topological polar surface area (TPSA) is 36.4 Å². The molecule has 4 nitrogen and oxygen atoms in total. The number of amides is 1. The van der Waals surface area contributed by atoms with Crippen LogP contribution in [0.25, 0.3) is 16.3 Å². The van der Waals surface area contributed by atoms with Crippen molar-refractivity contribution in [2.24, 2.45) is 0 Å². The molecule has 0 radical (unpaired) electrons. The second-order valence-electron chi connectivity index (χ2n) is 6.33. The molecule has 3 rings (SSSR count). The lowest BCUT2D eigenvalue weighted by Gasteiger charge is -2.23. The van der Waals surface area contributed by atoms with Crippen molar-refractivity contribution in [2.75, 3.05) is 31.1 Å². The van der Waals surface area contributed by atoms with E-state index in [4.69, 9.17) is 4.98 Å². The number of hydrogen-bond donors (Lipinski definition) is 0. The van der Waals surface area contributed by atoms with Gasteiger partial charge in [0.05, 0.1) is 10.2 Å². The van der Waals surface area contributed by atoms with E-state index in [9.17, 15) is 4.79 Å². The Bertz CT molecular complexity index is 917. The van der Waals surface area contributed by atoms with Crippen molar-refractivity contribution in [2.45, 2.75) is 20.8 Å². The number of thiazole rings is 1. The number of aryl methyl sites for hydroxylation is 1. The van der Waals surface area contributed by atoms with Crippen LogP contribution in [0.1, 0.15) is 24.3 Å². The van der Waals surface area contributed by atoms with Crippen LogP contribution in [0.15, 0.2) is 41.8 Å². The molecule has 0 unspecified atom stereocenters. The van der Waals surface area contributed by atoms with Gasteiger partial charge in [0.2, 0.25) is 0 Å². The number of likely N-dealkylation sites (N-methyl/N-ethyl adjacent to an activating group) is 1. The number of anilines is 1. The summed E-state index contributed by atoms with van der Waals surface area (Å²) in [5.74, 6) is -0.0219. The molecular weight excluding hydrogens is 410 g/mol. The summed E-state index contributed by atoms with van der Waals surface area (Å²) in [6, 6.07) is 10.2. The molecule has 1 aromatic carbocycles. The van der Waals surface area contributed by atoms with Gasteiger partial charge in [0, 0.05) is 24.0 Å². The molecule has 150 valence electrons. The molecule has 0 spiro atoms. The Balaban J connectivity index is 0.00000280. The van der Waals surface area contributed by atoms with Gasteiger partial charge in [0.15, 0.2) is 5.13 Å². The molecule has 28 heavy (non-hydrogen) atoms. The van der Waals surface area contributed by atoms with Crippen LogP contribution in [0.3, 0.4) is 0 Å². The first-order valence-electron chi connectivity index (χ1n) is 9.23. The van der Waals surface area contributed by atoms with Gasteiger partial charge in [-0.1, -0.05) is 37.3 Å². The van der Waals surface area contributed by atoms with Crippen LogP contribution >= 0.6 is 22.7 Å². The Morgan fingerprint density at radius 1 is 1.18 bits per heavy atom. The predicted octanol–water partition coefficient (Wildman–Crippen LogP) is 2.06. The molecule has 1 amide bonds. The van der Waals surface area contributed by atoms with Crippen molar-refractivity contribution in [3.05, 3.63) is 52.2 Å². The molecule has 0 saturated carbocycles. The van der Waals surface area contributed by atoms with E-state index in [-0.39, 0.29) is 18.3 Å². The van der Waals surface area contributed by atoms with Crippen LogP contribution < -0.4 is 17.3 Å². The first-order chi connectivity index (χ1) is 13.1. The molecule has 2 aromatic heterocycles. The lowest BCUT2D eigenvalue weighted by molar-refractivity contribution is -0.114. The number of hydrogen-bond acceptors (Lipinski definition) is 5. The van der Waals surface area contributed by atoms with Gasteiger partial charge in [-0.25, -0.2) is 4.98 Å². The lowest BCUT2D eigenvalue weighted by Crippen LogP contribution is -3.00. The standard InChI is InChI=1S/C21H25N3OS2.ClH/c1-4-23(5-2)12-13-24(20(25)11-9-17-7-6-14-26-17)21-22-18-10-8-16(3)15-19(18)27-21;/h6-11,14-15H,4-5,12-13H2,1-3H3;1H/p-1/b11-9+;. The highest BCUT2D eigenvalue weighted by Crippen LogP contribution is 2.29. The molecule has 0 saturated heterocycles. The van der Waals surface area contributed by atoms with Crippen LogP contribution in [0.4, 0.5) is 5.13 Å². The average molecular weight is 435 g/mol. The maximum absolute atomic E-state index is 13.0. The van der Waals surface area contributed by atoms with E-state index in [0.717, 1.165) is 39.9 Å². The number of carbonyl (C=O) groups is 1. The van der Waals surface area contributed by atoms with Crippen LogP contribution in [-0.2, 0) is 4.79 Å². The molecule has 0 aliphatic rings. The number of fused-ring (bicyclic) bond motifs is 1. The number of halogens is 1. The Labute approximate surface area is 180 Å². The van der Waals surface area contributed by atoms with Gasteiger partial charge in [0.25, 0.3) is 5.91 Å². The number of benzene rings is 1. The van der Waals surface area contributed by atoms with E-state index in [1.807, 2.05) is 34.6 Å². The zero-order valence-corrected chi connectivity index (χ0v) is 18.8. The molecule has 0 aliphatic heterocycles. The molecule has 7 heteroatoms. The number of aromatic nitrogens is 1. The first kappa shape index (κ1) is 22.6. The normalized spacial score (nSPS) is 11.3. The SMILES string of the molecule is CCN(CC)CCN(C(=O)/C=C/c1cccs1)c1nc2ccc(C)cc2s1.[Cl-]. The van der Waals surface area contributed by atoms with Gasteiger partial charge in [-0.3, -0.25) is 9.69 Å². The number of thiophene rings is 1. The third-order valence-corrected chi connectivity index (χ3v) is 6.38. The summed E-state index contributed by atoms with van der Waals surface area (Å²) in [5.41, 5.74) is 2.15. The minimum absolute atomic E-state index is 0. The van der Waals surface area contributed by atoms with E-state index in [2.05, 4.69) is 37.8 Å². The maximum Gasteiger partial charge on any atom is 0.252 e. The number of nitrogens with zero attached hydrogens (tertiary/aromatic N) is 3. The van der Waals surface area contributed by atoms with Crippen LogP contribution in [-0.4, -0.2) is 42.0 Å². The summed E-state index contributed by atoms with van der Waals surface area (Å²) in [6.45, 7) is 9.78. The summed E-state index contributed by atoms with van der Waals surface area (Å²) in [6.07, 6.45) is 3.54. The monoisotopic (exact) mass is 434 g/mol. The Kier molecular flexibility index (Phi) is 8.63. The van der Waals surface area contributed by atoms with E-state index in [1.165, 1.54) is 5.56 Å². The third-order valence-electron chi connectivity index (χ3n) is 4.50. The average Bonchev–Trinajstić information content (AvgIpc) is 3.32. The van der Waals surface area contributed by atoms with Gasteiger partial charge >= 0.3 is 0 Å². The number of rotatable bonds is 8. The fourth-order valence-corrected chi connectivity index (χ4v) is 4.56. The Morgan fingerprint density at radius 3 is 2.64 bits per heavy atom. The van der Waals surface area contributed by atoms with E-state index in [0.29, 0.717) is 6.54 Å². The molecule has 0 N–H and O–H groups in total. The summed E-state index contributed by atoms with van der Waals surface area (Å²) in [5, 5.41) is 2.78. The molecule has 2 heterocycles. The van der Waals surface area contributed by atoms with E-state index < -0.39 is 0 Å². The lowest BCUT2D eigenvalue weighted by atomic mass is 10.2. The Morgan fingerprint density at radius 2 is 1.96 bits per heavy atom. The summed E-state index contributed by atoms with van der Waals surface area (Å²) < 4.78 is 1.12. The van der Waals surface area contributed by atoms with Crippen LogP contribution in [0, 0.1) is 6.92 Å². The molecule has 3 aromatic rings. The maximum atomic E-state index is 13.0. The Hall–Kier alpha value is -1.73. The van der Waals surface area contributed by atoms with Crippen molar-refractivity contribution < 1.29 is 17.2 Å². The highest BCUT2D eigenvalue weighted by molar-refractivity contribution is 7.22. The van der Waals surface area contributed by atoms with Crippen LogP contribution in [0.5, 0.6) is 0 Å². The zero-order chi connectivity index (χ0) is 19.2. The van der Waals surface area contributed by atoms with Gasteiger partial charge in [-0.05, 0) is 55.2 Å². The first-order valence-corrected chi connectivity index (χ1v) is 10.9. The molecule has 0 bridgehead atoms. The van der Waals surface area contributed by atoms with Crippen molar-refractivity contribution in [1.29, 1.82) is 0 Å². The molecule has 0 fully saturated rings. The fourth-order valence-electron chi connectivity index (χ4n) is 2.85. The van der Waals surface area contributed by atoms with Gasteiger partial charge in [-0.15, -0.1) is 11.3 Å². The number of carbonyl (C=O) groups excluding carboxylic acids is 1. The van der Waals surface area contributed by atoms with Crippen molar-refractivity contribution in [3.63, 3.8) is 0 Å². The largest absolute Gasteiger partial charge is 1.00 e. The van der Waals surface area contributed by atoms with E-state index >= 15 is 0 Å². The second-order valence-corrected chi connectivity index (χ2v) is 8.32. The second kappa shape index (κ2) is 10.7. The van der Waals surface area contributed by atoms with Crippen molar-refractivity contribution in [1.82, 2.24) is 9.88 Å². The summed E-state index contributed by atoms with van der Waals surface area (Å²) in [4.78, 5) is 22.9. The van der Waals surface area contributed by atoms with Crippen molar-refractivity contribution in [3.8, 4) is 0 Å². The van der Waals surface area contributed by atoms with Crippen molar-refractivity contribution >= 4 is 50.0 Å². The quantitative estimate of drug-likeness (QED) is 0.509. The van der Waals surface area contributed by atoms with Gasteiger partial charge in [0.1, 0.15) is 0 Å². The fraction of sp³-hybridized carbons (Fsp3) is 0.333. The smallest absolute Gasteiger partial charge is 0.252 e. The van der Waals surface area contributed by atoms with E-state index in [1.54, 1.807) is 28.7 Å². The highest BCUT2D eigenvalue weighted by atomic mass is 35.5. The molecule has 0 aliphatic carbocycles. The third kappa shape index (κ3) is 5.64. The highest BCUT2D eigenvalue weighted by Gasteiger charge is 2.18. The van der Waals surface area contributed by atoms with Crippen LogP contribution in [0.2, 0.25) is 0 Å². The molecular formula is C21H25ClN3OS2-. The minimum atomic E-state index is -0.0219. The summed E-state index contributed by atoms with van der Waals surface area (Å²) >= 11 is 3.21. The van der Waals surface area contributed by atoms with Gasteiger partial charge < -0.3 is 17.3 Å². The summed E-state index contributed by atoms with van der Waals surface area (Å²) in [7, 11) is 0. The molecule has 0 atom stereocenters. The van der Waals surface area contributed by atoms with Gasteiger partial charge in [-0.2, -0.15) is 0 Å². The zero-order valence-electron chi connectivity index (χ0n) is 16.4. The minimum Gasteiger partial charge on any atom is -1.00 e.